The molecule has 0 aromatic heterocycles. The number of hydrogen-bond donors (Lipinski definition) is 2. The van der Waals surface area contributed by atoms with Gasteiger partial charge >= 0.3 is 5.97 Å². The fraction of sp³-hybridized carbons (Fsp3) is 0.263. The van der Waals surface area contributed by atoms with Crippen LogP contribution in [-0.4, -0.2) is 37.8 Å². The van der Waals surface area contributed by atoms with Crippen LogP contribution in [0.5, 0.6) is 17.2 Å². The third-order valence-electron chi connectivity index (χ3n) is 3.55. The van der Waals surface area contributed by atoms with Gasteiger partial charge in [0.2, 0.25) is 5.91 Å². The van der Waals surface area contributed by atoms with E-state index in [1.54, 1.807) is 44.6 Å². The highest BCUT2D eigenvalue weighted by atomic mass is 16.5. The minimum atomic E-state index is -1.04. The summed E-state index contributed by atoms with van der Waals surface area (Å²) in [4.78, 5) is 22.6. The number of carbonyl (C=O) groups is 2. The van der Waals surface area contributed by atoms with Crippen LogP contribution >= 0.6 is 0 Å². The van der Waals surface area contributed by atoms with Crippen LogP contribution in [0.1, 0.15) is 12.0 Å². The number of carbonyl (C=O) groups excluding carboxylic acids is 1. The average molecular weight is 359 g/mol. The fourth-order valence-electron chi connectivity index (χ4n) is 2.27. The lowest BCUT2D eigenvalue weighted by Crippen LogP contribution is -2.12. The predicted octanol–water partition coefficient (Wildman–Crippen LogP) is 2.74. The smallest absolute Gasteiger partial charge is 0.341 e. The van der Waals surface area contributed by atoms with Gasteiger partial charge in [0.15, 0.2) is 6.61 Å². The Kier molecular flexibility index (Phi) is 6.84. The Labute approximate surface area is 151 Å². The van der Waals surface area contributed by atoms with E-state index in [9.17, 15) is 9.59 Å². The molecule has 0 atom stereocenters. The van der Waals surface area contributed by atoms with Crippen LogP contribution in [0.4, 0.5) is 5.69 Å². The van der Waals surface area contributed by atoms with Crippen LogP contribution in [0.15, 0.2) is 42.5 Å². The van der Waals surface area contributed by atoms with Gasteiger partial charge in [-0.1, -0.05) is 0 Å². The van der Waals surface area contributed by atoms with Crippen molar-refractivity contribution in [3.63, 3.8) is 0 Å². The second-order valence-electron chi connectivity index (χ2n) is 5.48. The molecule has 7 nitrogen and oxygen atoms in total. The highest BCUT2D eigenvalue weighted by molar-refractivity contribution is 5.90. The largest absolute Gasteiger partial charge is 0.497 e. The van der Waals surface area contributed by atoms with Crippen LogP contribution < -0.4 is 19.5 Å². The number of aryl methyl sites for hydroxylation is 1. The molecule has 2 rings (SSSR count). The van der Waals surface area contributed by atoms with E-state index in [0.29, 0.717) is 35.8 Å². The first kappa shape index (κ1) is 19.1. The van der Waals surface area contributed by atoms with Gasteiger partial charge in [-0.05, 0) is 48.4 Å². The Morgan fingerprint density at radius 3 is 2.12 bits per heavy atom. The molecule has 0 heterocycles. The standard InChI is InChI=1S/C19H21NO6/c1-24-16-9-13(10-17(11-16)25-2)3-8-18(21)20-14-4-6-15(7-5-14)26-12-19(22)23/h4-7,9-11H,3,8,12H2,1-2H3,(H,20,21)(H,22,23). The van der Waals surface area contributed by atoms with Gasteiger partial charge in [-0.3, -0.25) is 4.79 Å². The van der Waals surface area contributed by atoms with Gasteiger partial charge in [0.25, 0.3) is 0 Å². The van der Waals surface area contributed by atoms with E-state index >= 15 is 0 Å². The van der Waals surface area contributed by atoms with Crippen molar-refractivity contribution in [2.45, 2.75) is 12.8 Å². The molecule has 0 aliphatic heterocycles. The Morgan fingerprint density at radius 1 is 0.962 bits per heavy atom. The number of rotatable bonds is 9. The van der Waals surface area contributed by atoms with Crippen molar-refractivity contribution >= 4 is 17.6 Å². The Balaban J connectivity index is 1.88. The summed E-state index contributed by atoms with van der Waals surface area (Å²) in [6.07, 6.45) is 0.840. The lowest BCUT2D eigenvalue weighted by Gasteiger charge is -2.09. The number of nitrogens with one attached hydrogen (secondary N) is 1. The molecule has 2 aromatic rings. The molecule has 0 aliphatic rings. The number of methoxy groups -OCH3 is 2. The third kappa shape index (κ3) is 6.01. The molecule has 0 spiro atoms. The van der Waals surface area contributed by atoms with Crippen LogP contribution in [0, 0.1) is 0 Å². The van der Waals surface area contributed by atoms with Crippen molar-refractivity contribution in [1.82, 2.24) is 0 Å². The summed E-state index contributed by atoms with van der Waals surface area (Å²) in [7, 11) is 3.16. The molecule has 0 aliphatic carbocycles. The van der Waals surface area contributed by atoms with E-state index in [-0.39, 0.29) is 5.91 Å². The molecule has 7 heteroatoms. The van der Waals surface area contributed by atoms with Crippen molar-refractivity contribution in [3.8, 4) is 17.2 Å². The quantitative estimate of drug-likeness (QED) is 0.715. The fourth-order valence-corrected chi connectivity index (χ4v) is 2.27. The number of amides is 1. The topological polar surface area (TPSA) is 94.1 Å². The minimum absolute atomic E-state index is 0.133. The van der Waals surface area contributed by atoms with Crippen LogP contribution in [0.2, 0.25) is 0 Å². The van der Waals surface area contributed by atoms with E-state index in [1.165, 1.54) is 0 Å². The normalized spacial score (nSPS) is 10.1. The molecule has 0 radical (unpaired) electrons. The van der Waals surface area contributed by atoms with Gasteiger partial charge in [-0.2, -0.15) is 0 Å². The Bertz CT molecular complexity index is 735. The second-order valence-corrected chi connectivity index (χ2v) is 5.48. The number of benzene rings is 2. The number of ether oxygens (including phenoxy) is 3. The zero-order valence-electron chi connectivity index (χ0n) is 14.7. The van der Waals surface area contributed by atoms with Crippen molar-refractivity contribution in [3.05, 3.63) is 48.0 Å². The van der Waals surface area contributed by atoms with Crippen molar-refractivity contribution < 1.29 is 28.9 Å². The highest BCUT2D eigenvalue weighted by Crippen LogP contribution is 2.23. The summed E-state index contributed by atoms with van der Waals surface area (Å²) < 4.78 is 15.5. The first-order chi connectivity index (χ1) is 12.5. The maximum absolute atomic E-state index is 12.1. The van der Waals surface area contributed by atoms with Gasteiger partial charge in [0.05, 0.1) is 14.2 Å². The number of anilines is 1. The van der Waals surface area contributed by atoms with E-state index in [4.69, 9.17) is 19.3 Å². The molecular formula is C19H21NO6. The predicted molar refractivity (Wildman–Crippen MR) is 96.1 cm³/mol. The molecule has 0 unspecified atom stereocenters. The highest BCUT2D eigenvalue weighted by Gasteiger charge is 2.07. The monoisotopic (exact) mass is 359 g/mol. The number of carboxylic acid groups (broad SMARTS) is 1. The summed E-state index contributed by atoms with van der Waals surface area (Å²) >= 11 is 0. The maximum atomic E-state index is 12.1. The maximum Gasteiger partial charge on any atom is 0.341 e. The first-order valence-corrected chi connectivity index (χ1v) is 7.96. The molecule has 2 aromatic carbocycles. The lowest BCUT2D eigenvalue weighted by atomic mass is 10.1. The summed E-state index contributed by atoms with van der Waals surface area (Å²) in [5, 5.41) is 11.4. The molecule has 26 heavy (non-hydrogen) atoms. The Morgan fingerprint density at radius 2 is 1.58 bits per heavy atom. The molecule has 2 N–H and O–H groups in total. The lowest BCUT2D eigenvalue weighted by molar-refractivity contribution is -0.139. The van der Waals surface area contributed by atoms with Crippen molar-refractivity contribution in [2.24, 2.45) is 0 Å². The molecular weight excluding hydrogens is 338 g/mol. The summed E-state index contributed by atoms with van der Waals surface area (Å²) in [5.74, 6) is 0.602. The third-order valence-corrected chi connectivity index (χ3v) is 3.55. The van der Waals surface area contributed by atoms with Gasteiger partial charge in [0, 0.05) is 18.2 Å². The molecule has 138 valence electrons. The van der Waals surface area contributed by atoms with Gasteiger partial charge < -0.3 is 24.6 Å². The van der Waals surface area contributed by atoms with Gasteiger partial charge in [-0.15, -0.1) is 0 Å². The number of hydrogen-bond acceptors (Lipinski definition) is 5. The van der Waals surface area contributed by atoms with Gasteiger partial charge in [0.1, 0.15) is 17.2 Å². The van der Waals surface area contributed by atoms with E-state index in [0.717, 1.165) is 5.56 Å². The first-order valence-electron chi connectivity index (χ1n) is 7.96. The van der Waals surface area contributed by atoms with Crippen molar-refractivity contribution in [1.29, 1.82) is 0 Å². The van der Waals surface area contributed by atoms with E-state index in [1.807, 2.05) is 12.1 Å². The zero-order valence-corrected chi connectivity index (χ0v) is 14.7. The van der Waals surface area contributed by atoms with E-state index < -0.39 is 12.6 Å². The molecule has 0 fully saturated rings. The molecule has 0 saturated carbocycles. The summed E-state index contributed by atoms with van der Waals surface area (Å²) in [6.45, 7) is -0.407. The van der Waals surface area contributed by atoms with Crippen LogP contribution in [-0.2, 0) is 16.0 Å². The molecule has 0 bridgehead atoms. The Hall–Kier alpha value is -3.22. The summed E-state index contributed by atoms with van der Waals surface area (Å²) in [6, 6.07) is 12.0. The van der Waals surface area contributed by atoms with E-state index in [2.05, 4.69) is 5.32 Å². The van der Waals surface area contributed by atoms with Crippen LogP contribution in [0.3, 0.4) is 0 Å². The molecule has 0 saturated heterocycles. The number of carboxylic acids is 1. The van der Waals surface area contributed by atoms with Crippen LogP contribution in [0.25, 0.3) is 0 Å². The second kappa shape index (κ2) is 9.31. The van der Waals surface area contributed by atoms with Gasteiger partial charge in [-0.25, -0.2) is 4.79 Å². The molecule has 1 amide bonds. The SMILES string of the molecule is COc1cc(CCC(=O)Nc2ccc(OCC(=O)O)cc2)cc(OC)c1. The average Bonchev–Trinajstić information content (AvgIpc) is 2.65. The number of aliphatic carboxylic acids is 1. The zero-order chi connectivity index (χ0) is 18.9. The summed E-state index contributed by atoms with van der Waals surface area (Å²) in [5.41, 5.74) is 1.55. The minimum Gasteiger partial charge on any atom is -0.497 e. The van der Waals surface area contributed by atoms with Crippen molar-refractivity contribution in [2.75, 3.05) is 26.1 Å².